The Morgan fingerprint density at radius 2 is 1.89 bits per heavy atom. The number of amides is 1. The molecule has 0 saturated heterocycles. The summed E-state index contributed by atoms with van der Waals surface area (Å²) in [6.07, 6.45) is 0.242. The number of halogens is 3. The standard InChI is InChI=1S/C19H19Cl2N3O3.ClH/c1-10(25)23-24-16-7-13(20)6-15(21)18(16)14(8-17(24)19(26)27)12-4-2-11(9-22)3-5-12;/h2-7,14,17H,8-9,22H2,1H3,(H,23,25)(H,26,27);1H/t14-,17-;/m0./s1. The number of nitrogens with one attached hydrogen (secondary N) is 1. The van der Waals surface area contributed by atoms with Crippen molar-refractivity contribution in [1.29, 1.82) is 0 Å². The molecular weight excluding hydrogens is 425 g/mol. The molecule has 28 heavy (non-hydrogen) atoms. The Balaban J connectivity index is 0.00000280. The molecule has 2 atom stereocenters. The van der Waals surface area contributed by atoms with Gasteiger partial charge in [-0.1, -0.05) is 47.5 Å². The average molecular weight is 445 g/mol. The van der Waals surface area contributed by atoms with E-state index in [1.54, 1.807) is 12.1 Å². The number of fused-ring (bicyclic) bond motifs is 1. The van der Waals surface area contributed by atoms with Gasteiger partial charge in [0, 0.05) is 35.0 Å². The van der Waals surface area contributed by atoms with E-state index in [-0.39, 0.29) is 30.7 Å². The predicted octanol–water partition coefficient (Wildman–Crippen LogP) is 3.72. The van der Waals surface area contributed by atoms with Crippen LogP contribution in [0.2, 0.25) is 10.0 Å². The summed E-state index contributed by atoms with van der Waals surface area (Å²) >= 11 is 12.6. The van der Waals surface area contributed by atoms with Crippen LogP contribution in [0.5, 0.6) is 0 Å². The molecule has 2 aromatic carbocycles. The van der Waals surface area contributed by atoms with E-state index in [2.05, 4.69) is 5.43 Å². The first kappa shape index (κ1) is 22.3. The largest absolute Gasteiger partial charge is 0.480 e. The first-order chi connectivity index (χ1) is 12.8. The third kappa shape index (κ3) is 4.36. The number of rotatable bonds is 4. The first-order valence-electron chi connectivity index (χ1n) is 8.39. The van der Waals surface area contributed by atoms with Gasteiger partial charge in [0.1, 0.15) is 6.04 Å². The lowest BCUT2D eigenvalue weighted by Crippen LogP contribution is -2.54. The highest BCUT2D eigenvalue weighted by atomic mass is 35.5. The molecule has 0 bridgehead atoms. The van der Waals surface area contributed by atoms with Gasteiger partial charge >= 0.3 is 5.97 Å². The number of benzene rings is 2. The van der Waals surface area contributed by atoms with Gasteiger partial charge in [-0.05, 0) is 29.7 Å². The minimum atomic E-state index is -1.05. The molecule has 0 fully saturated rings. The van der Waals surface area contributed by atoms with Gasteiger partial charge in [0.05, 0.1) is 5.69 Å². The Hall–Kier alpha value is -1.99. The Labute approximate surface area is 179 Å². The quantitative estimate of drug-likeness (QED) is 0.668. The van der Waals surface area contributed by atoms with Crippen LogP contribution in [0, 0.1) is 0 Å². The molecule has 0 spiro atoms. The van der Waals surface area contributed by atoms with Crippen molar-refractivity contribution in [1.82, 2.24) is 5.43 Å². The van der Waals surface area contributed by atoms with Crippen LogP contribution >= 0.6 is 35.6 Å². The van der Waals surface area contributed by atoms with Crippen molar-refractivity contribution in [3.8, 4) is 0 Å². The molecule has 1 aliphatic heterocycles. The summed E-state index contributed by atoms with van der Waals surface area (Å²) < 4.78 is 0. The van der Waals surface area contributed by atoms with Crippen LogP contribution in [-0.2, 0) is 16.1 Å². The number of hydrogen-bond acceptors (Lipinski definition) is 4. The number of carbonyl (C=O) groups is 2. The van der Waals surface area contributed by atoms with Crippen LogP contribution in [-0.4, -0.2) is 23.0 Å². The highest BCUT2D eigenvalue weighted by Crippen LogP contribution is 2.46. The number of hydrazine groups is 1. The number of anilines is 1. The maximum atomic E-state index is 11.9. The Morgan fingerprint density at radius 1 is 1.25 bits per heavy atom. The SMILES string of the molecule is CC(=O)NN1c2cc(Cl)cc(Cl)c2[C@H](c2ccc(CN)cc2)C[C@H]1C(=O)O.Cl. The molecule has 2 aromatic rings. The third-order valence-electron chi connectivity index (χ3n) is 4.63. The van der Waals surface area contributed by atoms with Crippen molar-refractivity contribution >= 4 is 53.2 Å². The van der Waals surface area contributed by atoms with Crippen molar-refractivity contribution < 1.29 is 14.7 Å². The molecule has 6 nitrogen and oxygen atoms in total. The maximum Gasteiger partial charge on any atom is 0.328 e. The predicted molar refractivity (Wildman–Crippen MR) is 112 cm³/mol. The lowest BCUT2D eigenvalue weighted by molar-refractivity contribution is -0.139. The van der Waals surface area contributed by atoms with Gasteiger partial charge in [0.25, 0.3) is 0 Å². The van der Waals surface area contributed by atoms with Gasteiger partial charge in [-0.15, -0.1) is 12.4 Å². The Kier molecular flexibility index (Phi) is 7.17. The second-order valence-electron chi connectivity index (χ2n) is 6.45. The van der Waals surface area contributed by atoms with E-state index in [0.29, 0.717) is 22.3 Å². The zero-order valence-electron chi connectivity index (χ0n) is 15.0. The summed E-state index contributed by atoms with van der Waals surface area (Å²) in [6.45, 7) is 1.74. The van der Waals surface area contributed by atoms with Crippen molar-refractivity contribution in [2.45, 2.75) is 31.8 Å². The van der Waals surface area contributed by atoms with Gasteiger partial charge in [0.15, 0.2) is 0 Å². The number of hydrogen-bond donors (Lipinski definition) is 3. The van der Waals surface area contributed by atoms with E-state index in [1.165, 1.54) is 11.9 Å². The van der Waals surface area contributed by atoms with Crippen molar-refractivity contribution in [2.24, 2.45) is 5.73 Å². The van der Waals surface area contributed by atoms with Crippen LogP contribution in [0.25, 0.3) is 0 Å². The summed E-state index contributed by atoms with van der Waals surface area (Å²) in [7, 11) is 0. The molecule has 0 aromatic heterocycles. The van der Waals surface area contributed by atoms with Gasteiger partial charge in [-0.2, -0.15) is 0 Å². The fraction of sp³-hybridized carbons (Fsp3) is 0.263. The molecule has 0 radical (unpaired) electrons. The van der Waals surface area contributed by atoms with Crippen molar-refractivity contribution in [3.63, 3.8) is 0 Å². The van der Waals surface area contributed by atoms with Gasteiger partial charge in [-0.3, -0.25) is 15.2 Å². The van der Waals surface area contributed by atoms with Crippen LogP contribution < -0.4 is 16.2 Å². The number of carboxylic acids is 1. The number of carboxylic acid groups (broad SMARTS) is 1. The molecule has 1 amide bonds. The molecule has 150 valence electrons. The fourth-order valence-corrected chi connectivity index (χ4v) is 4.05. The van der Waals surface area contributed by atoms with Gasteiger partial charge in [-0.25, -0.2) is 4.79 Å². The normalized spacial score (nSPS) is 18.1. The Morgan fingerprint density at radius 3 is 2.43 bits per heavy atom. The highest BCUT2D eigenvalue weighted by molar-refractivity contribution is 6.35. The second-order valence-corrected chi connectivity index (χ2v) is 7.29. The molecule has 9 heteroatoms. The zero-order valence-corrected chi connectivity index (χ0v) is 17.3. The van der Waals surface area contributed by atoms with E-state index in [0.717, 1.165) is 16.7 Å². The van der Waals surface area contributed by atoms with Gasteiger partial charge < -0.3 is 10.8 Å². The number of aliphatic carboxylic acids is 1. The molecule has 4 N–H and O–H groups in total. The lowest BCUT2D eigenvalue weighted by atomic mass is 9.81. The minimum absolute atomic E-state index is 0. The Bertz CT molecular complexity index is 890. The summed E-state index contributed by atoms with van der Waals surface area (Å²) in [5.74, 6) is -1.69. The van der Waals surface area contributed by atoms with E-state index >= 15 is 0 Å². The lowest BCUT2D eigenvalue weighted by Gasteiger charge is -2.40. The summed E-state index contributed by atoms with van der Waals surface area (Å²) in [4.78, 5) is 23.6. The van der Waals surface area contributed by atoms with E-state index in [9.17, 15) is 14.7 Å². The molecule has 3 rings (SSSR count). The van der Waals surface area contributed by atoms with E-state index in [4.69, 9.17) is 28.9 Å². The van der Waals surface area contributed by atoms with Crippen molar-refractivity contribution in [2.75, 3.05) is 5.01 Å². The first-order valence-corrected chi connectivity index (χ1v) is 9.14. The molecule has 0 unspecified atom stereocenters. The summed E-state index contributed by atoms with van der Waals surface area (Å²) in [5.41, 5.74) is 11.4. The summed E-state index contributed by atoms with van der Waals surface area (Å²) in [5, 5.41) is 11.9. The third-order valence-corrected chi connectivity index (χ3v) is 5.16. The highest BCUT2D eigenvalue weighted by Gasteiger charge is 2.39. The van der Waals surface area contributed by atoms with E-state index in [1.807, 2.05) is 24.3 Å². The zero-order chi connectivity index (χ0) is 19.7. The van der Waals surface area contributed by atoms with Crippen LogP contribution in [0.15, 0.2) is 36.4 Å². The molecule has 0 saturated carbocycles. The fourth-order valence-electron chi connectivity index (χ4n) is 3.44. The summed E-state index contributed by atoms with van der Waals surface area (Å²) in [6, 6.07) is 9.95. The monoisotopic (exact) mass is 443 g/mol. The van der Waals surface area contributed by atoms with Crippen LogP contribution in [0.3, 0.4) is 0 Å². The van der Waals surface area contributed by atoms with Crippen LogP contribution in [0.4, 0.5) is 5.69 Å². The average Bonchev–Trinajstić information content (AvgIpc) is 2.61. The maximum absolute atomic E-state index is 11.9. The molecule has 0 aliphatic carbocycles. The topological polar surface area (TPSA) is 95.7 Å². The number of carbonyl (C=O) groups excluding carboxylic acids is 1. The van der Waals surface area contributed by atoms with Gasteiger partial charge in [0.2, 0.25) is 5.91 Å². The molecule has 1 heterocycles. The van der Waals surface area contributed by atoms with Crippen molar-refractivity contribution in [3.05, 3.63) is 63.1 Å². The molecular formula is C19H20Cl3N3O3. The molecule has 1 aliphatic rings. The number of nitrogens with zero attached hydrogens (tertiary/aromatic N) is 1. The smallest absolute Gasteiger partial charge is 0.328 e. The second kappa shape index (κ2) is 9.01. The van der Waals surface area contributed by atoms with Crippen LogP contribution in [0.1, 0.15) is 36.0 Å². The van der Waals surface area contributed by atoms with E-state index < -0.39 is 12.0 Å². The minimum Gasteiger partial charge on any atom is -0.480 e. The number of nitrogens with two attached hydrogens (primary N) is 1.